The topological polar surface area (TPSA) is 52.0 Å². The lowest BCUT2D eigenvalue weighted by molar-refractivity contribution is 0.419. The summed E-state index contributed by atoms with van der Waals surface area (Å²) in [6.07, 6.45) is 7.52. The van der Waals surface area contributed by atoms with Gasteiger partial charge in [-0.25, -0.2) is 0 Å². The molecule has 20 heavy (non-hydrogen) atoms. The van der Waals surface area contributed by atoms with Gasteiger partial charge in [0.1, 0.15) is 0 Å². The molecule has 3 rings (SSSR count). The second kappa shape index (κ2) is 5.88. The molecule has 1 saturated carbocycles. The van der Waals surface area contributed by atoms with E-state index in [4.69, 9.17) is 21.9 Å². The number of anilines is 1. The van der Waals surface area contributed by atoms with Crippen molar-refractivity contribution >= 4 is 17.5 Å². The Morgan fingerprint density at radius 1 is 1.30 bits per heavy atom. The van der Waals surface area contributed by atoms with E-state index in [0.29, 0.717) is 10.9 Å². The SMILES string of the molecule is Nc1onc(CCC2CCCC2)c1-c1cccc(Cl)c1. The van der Waals surface area contributed by atoms with Crippen molar-refractivity contribution in [2.45, 2.75) is 38.5 Å². The summed E-state index contributed by atoms with van der Waals surface area (Å²) in [6, 6.07) is 7.68. The van der Waals surface area contributed by atoms with Crippen LogP contribution in [0.2, 0.25) is 5.02 Å². The number of rotatable bonds is 4. The van der Waals surface area contributed by atoms with E-state index in [9.17, 15) is 0 Å². The molecule has 0 bridgehead atoms. The van der Waals surface area contributed by atoms with Crippen LogP contribution in [0.15, 0.2) is 28.8 Å². The first-order valence-corrected chi connectivity index (χ1v) is 7.62. The zero-order valence-corrected chi connectivity index (χ0v) is 12.2. The number of aryl methyl sites for hydroxylation is 1. The Kier molecular flexibility index (Phi) is 3.97. The van der Waals surface area contributed by atoms with E-state index in [1.807, 2.05) is 24.3 Å². The largest absolute Gasteiger partial charge is 0.367 e. The minimum atomic E-state index is 0.383. The normalized spacial score (nSPS) is 15.8. The highest BCUT2D eigenvalue weighted by Crippen LogP contribution is 2.34. The summed E-state index contributed by atoms with van der Waals surface area (Å²) in [6.45, 7) is 0. The van der Waals surface area contributed by atoms with Crippen LogP contribution in [0, 0.1) is 5.92 Å². The highest BCUT2D eigenvalue weighted by atomic mass is 35.5. The van der Waals surface area contributed by atoms with Gasteiger partial charge in [0.25, 0.3) is 0 Å². The van der Waals surface area contributed by atoms with Crippen molar-refractivity contribution in [3.05, 3.63) is 35.0 Å². The quantitative estimate of drug-likeness (QED) is 0.888. The second-order valence-corrected chi connectivity index (χ2v) is 6.00. The summed E-state index contributed by atoms with van der Waals surface area (Å²) in [5.74, 6) is 1.22. The number of halogens is 1. The second-order valence-electron chi connectivity index (χ2n) is 5.57. The van der Waals surface area contributed by atoms with Gasteiger partial charge >= 0.3 is 0 Å². The summed E-state index contributed by atoms with van der Waals surface area (Å²) in [5, 5.41) is 4.84. The number of nitrogens with zero attached hydrogens (tertiary/aromatic N) is 1. The van der Waals surface area contributed by atoms with E-state index in [0.717, 1.165) is 29.2 Å². The first kappa shape index (κ1) is 13.5. The third-order valence-electron chi connectivity index (χ3n) is 4.17. The van der Waals surface area contributed by atoms with E-state index in [1.54, 1.807) is 0 Å². The van der Waals surface area contributed by atoms with Crippen molar-refractivity contribution in [3.8, 4) is 11.1 Å². The molecule has 1 heterocycles. The van der Waals surface area contributed by atoms with Crippen molar-refractivity contribution in [2.75, 3.05) is 5.73 Å². The molecule has 0 amide bonds. The fourth-order valence-electron chi connectivity index (χ4n) is 3.10. The van der Waals surface area contributed by atoms with E-state index < -0.39 is 0 Å². The molecule has 0 radical (unpaired) electrons. The molecule has 1 aliphatic carbocycles. The van der Waals surface area contributed by atoms with Crippen LogP contribution in [-0.4, -0.2) is 5.16 Å². The van der Waals surface area contributed by atoms with Gasteiger partial charge in [-0.2, -0.15) is 0 Å². The molecule has 2 aromatic rings. The average molecular weight is 291 g/mol. The summed E-state index contributed by atoms with van der Waals surface area (Å²) in [5.41, 5.74) is 8.78. The molecule has 106 valence electrons. The van der Waals surface area contributed by atoms with E-state index >= 15 is 0 Å². The molecule has 1 aliphatic rings. The summed E-state index contributed by atoms with van der Waals surface area (Å²) in [4.78, 5) is 0. The van der Waals surface area contributed by atoms with Gasteiger partial charge in [-0.1, -0.05) is 54.6 Å². The molecule has 4 heteroatoms. The maximum atomic E-state index is 6.06. The van der Waals surface area contributed by atoms with E-state index in [-0.39, 0.29) is 0 Å². The maximum Gasteiger partial charge on any atom is 0.230 e. The Morgan fingerprint density at radius 2 is 2.10 bits per heavy atom. The van der Waals surface area contributed by atoms with Crippen molar-refractivity contribution < 1.29 is 4.52 Å². The third kappa shape index (κ3) is 2.83. The van der Waals surface area contributed by atoms with Crippen LogP contribution in [0.5, 0.6) is 0 Å². The van der Waals surface area contributed by atoms with Crippen LogP contribution in [0.25, 0.3) is 11.1 Å². The van der Waals surface area contributed by atoms with Crippen molar-refractivity contribution in [1.82, 2.24) is 5.16 Å². The number of hydrogen-bond donors (Lipinski definition) is 1. The molecule has 0 atom stereocenters. The molecule has 2 N–H and O–H groups in total. The summed E-state index contributed by atoms with van der Waals surface area (Å²) in [7, 11) is 0. The van der Waals surface area contributed by atoms with Crippen LogP contribution in [0.3, 0.4) is 0 Å². The van der Waals surface area contributed by atoms with Gasteiger partial charge in [-0.15, -0.1) is 0 Å². The van der Waals surface area contributed by atoms with Crippen LogP contribution >= 0.6 is 11.6 Å². The first-order chi connectivity index (χ1) is 9.74. The van der Waals surface area contributed by atoms with Gasteiger partial charge < -0.3 is 10.3 Å². The number of nitrogen functional groups attached to an aromatic ring is 1. The fourth-order valence-corrected chi connectivity index (χ4v) is 3.29. The zero-order valence-electron chi connectivity index (χ0n) is 11.4. The molecule has 1 aromatic heterocycles. The predicted molar refractivity (Wildman–Crippen MR) is 81.6 cm³/mol. The standard InChI is InChI=1S/C16H19ClN2O/c17-13-7-3-6-12(10-13)15-14(19-20-16(15)18)9-8-11-4-1-2-5-11/h3,6-7,10-11H,1-2,4-5,8-9,18H2. The lowest BCUT2D eigenvalue weighted by Crippen LogP contribution is -1.98. The molecular formula is C16H19ClN2O. The zero-order chi connectivity index (χ0) is 13.9. The van der Waals surface area contributed by atoms with Crippen molar-refractivity contribution in [2.24, 2.45) is 5.92 Å². The molecule has 1 fully saturated rings. The number of benzene rings is 1. The van der Waals surface area contributed by atoms with Crippen LogP contribution in [0.4, 0.5) is 5.88 Å². The van der Waals surface area contributed by atoms with Gasteiger partial charge in [0.15, 0.2) is 0 Å². The third-order valence-corrected chi connectivity index (χ3v) is 4.40. The first-order valence-electron chi connectivity index (χ1n) is 7.24. The van der Waals surface area contributed by atoms with Crippen LogP contribution in [-0.2, 0) is 6.42 Å². The molecule has 0 spiro atoms. The molecule has 3 nitrogen and oxygen atoms in total. The van der Waals surface area contributed by atoms with Gasteiger partial charge in [0.2, 0.25) is 5.88 Å². The van der Waals surface area contributed by atoms with Gasteiger partial charge in [-0.3, -0.25) is 0 Å². The highest BCUT2D eigenvalue weighted by molar-refractivity contribution is 6.30. The lowest BCUT2D eigenvalue weighted by Gasteiger charge is -2.08. The Bertz CT molecular complexity index is 588. The Hall–Kier alpha value is -1.48. The number of nitrogens with two attached hydrogens (primary N) is 1. The maximum absolute atomic E-state index is 6.06. The highest BCUT2D eigenvalue weighted by Gasteiger charge is 2.19. The summed E-state index contributed by atoms with van der Waals surface area (Å²) >= 11 is 6.06. The minimum Gasteiger partial charge on any atom is -0.367 e. The van der Waals surface area contributed by atoms with Gasteiger partial charge in [-0.05, 0) is 36.5 Å². The summed E-state index contributed by atoms with van der Waals surface area (Å²) < 4.78 is 5.19. The monoisotopic (exact) mass is 290 g/mol. The van der Waals surface area contributed by atoms with Crippen molar-refractivity contribution in [3.63, 3.8) is 0 Å². The minimum absolute atomic E-state index is 0.383. The Labute approximate surface area is 124 Å². The van der Waals surface area contributed by atoms with E-state index in [1.165, 1.54) is 32.1 Å². The van der Waals surface area contributed by atoms with Crippen LogP contribution in [0.1, 0.15) is 37.8 Å². The molecular weight excluding hydrogens is 272 g/mol. The van der Waals surface area contributed by atoms with Crippen LogP contribution < -0.4 is 5.73 Å². The smallest absolute Gasteiger partial charge is 0.230 e. The Morgan fingerprint density at radius 3 is 2.85 bits per heavy atom. The van der Waals surface area contributed by atoms with Gasteiger partial charge in [0.05, 0.1) is 11.3 Å². The predicted octanol–water partition coefficient (Wildman–Crippen LogP) is 4.70. The van der Waals surface area contributed by atoms with Crippen molar-refractivity contribution in [1.29, 1.82) is 0 Å². The van der Waals surface area contributed by atoms with E-state index in [2.05, 4.69) is 5.16 Å². The number of hydrogen-bond acceptors (Lipinski definition) is 3. The molecule has 0 aliphatic heterocycles. The Balaban J connectivity index is 1.81. The lowest BCUT2D eigenvalue weighted by atomic mass is 9.97. The molecule has 0 unspecified atom stereocenters. The fraction of sp³-hybridized carbons (Fsp3) is 0.438. The molecule has 0 saturated heterocycles. The van der Waals surface area contributed by atoms with Gasteiger partial charge in [0, 0.05) is 5.02 Å². The molecule has 1 aromatic carbocycles. The average Bonchev–Trinajstić information content (AvgIpc) is 3.06. The number of aromatic nitrogens is 1.